The highest BCUT2D eigenvalue weighted by Gasteiger charge is 2.26. The Morgan fingerprint density at radius 3 is 2.70 bits per heavy atom. The summed E-state index contributed by atoms with van der Waals surface area (Å²) in [6.07, 6.45) is -3.72. The predicted molar refractivity (Wildman–Crippen MR) is 95.8 cm³/mol. The van der Waals surface area contributed by atoms with Crippen LogP contribution in [0.5, 0.6) is 0 Å². The SMILES string of the molecule is Cc1cc(-c2cnc3c(NCCC(F)(F)F)cc(Cl)nn23)ccc1C(N)=O. The molecular formula is C17H15ClF3N5O. The largest absolute Gasteiger partial charge is 0.390 e. The molecule has 0 saturated carbocycles. The molecule has 0 aliphatic carbocycles. The third kappa shape index (κ3) is 4.13. The Bertz CT molecular complexity index is 1020. The Hall–Kier alpha value is -2.81. The monoisotopic (exact) mass is 397 g/mol. The number of primary amides is 1. The molecule has 1 aromatic carbocycles. The molecule has 0 aliphatic heterocycles. The number of alkyl halides is 3. The quantitative estimate of drug-likeness (QED) is 0.685. The van der Waals surface area contributed by atoms with E-state index in [2.05, 4.69) is 15.4 Å². The maximum atomic E-state index is 12.4. The fraction of sp³-hybridized carbons (Fsp3) is 0.235. The normalized spacial score (nSPS) is 11.7. The van der Waals surface area contributed by atoms with Gasteiger partial charge in [0.15, 0.2) is 10.8 Å². The molecule has 6 nitrogen and oxygen atoms in total. The maximum Gasteiger partial charge on any atom is 0.390 e. The van der Waals surface area contributed by atoms with E-state index in [0.717, 1.165) is 0 Å². The zero-order chi connectivity index (χ0) is 19.8. The summed E-state index contributed by atoms with van der Waals surface area (Å²) in [5, 5.41) is 6.98. The zero-order valence-electron chi connectivity index (χ0n) is 14.1. The number of nitrogens with zero attached hydrogens (tertiary/aromatic N) is 3. The van der Waals surface area contributed by atoms with Crippen molar-refractivity contribution in [2.75, 3.05) is 11.9 Å². The number of aromatic nitrogens is 3. The number of amides is 1. The molecule has 2 heterocycles. The summed E-state index contributed by atoms with van der Waals surface area (Å²) in [7, 11) is 0. The van der Waals surface area contributed by atoms with Crippen molar-refractivity contribution in [1.82, 2.24) is 14.6 Å². The van der Waals surface area contributed by atoms with Crippen LogP contribution in [0.2, 0.25) is 5.15 Å². The minimum atomic E-state index is -4.26. The average Bonchev–Trinajstić information content (AvgIpc) is 2.96. The van der Waals surface area contributed by atoms with E-state index in [9.17, 15) is 18.0 Å². The van der Waals surface area contributed by atoms with E-state index < -0.39 is 18.5 Å². The van der Waals surface area contributed by atoms with Crippen LogP contribution in [0.4, 0.5) is 18.9 Å². The number of benzene rings is 1. The highest BCUT2D eigenvalue weighted by atomic mass is 35.5. The molecular weight excluding hydrogens is 383 g/mol. The minimum absolute atomic E-state index is 0.0988. The van der Waals surface area contributed by atoms with Gasteiger partial charge < -0.3 is 11.1 Å². The van der Waals surface area contributed by atoms with Gasteiger partial charge in [0, 0.05) is 23.7 Å². The topological polar surface area (TPSA) is 85.3 Å². The van der Waals surface area contributed by atoms with Crippen molar-refractivity contribution in [3.63, 3.8) is 0 Å². The fourth-order valence-corrected chi connectivity index (χ4v) is 2.89. The van der Waals surface area contributed by atoms with E-state index in [1.165, 1.54) is 16.8 Å². The lowest BCUT2D eigenvalue weighted by molar-refractivity contribution is -0.131. The first kappa shape index (κ1) is 19.0. The van der Waals surface area contributed by atoms with E-state index in [1.54, 1.807) is 25.1 Å². The lowest BCUT2D eigenvalue weighted by Crippen LogP contribution is -2.15. The number of hydrogen-bond donors (Lipinski definition) is 2. The fourth-order valence-electron chi connectivity index (χ4n) is 2.70. The van der Waals surface area contributed by atoms with Crippen LogP contribution >= 0.6 is 11.6 Å². The van der Waals surface area contributed by atoms with Gasteiger partial charge in [-0.3, -0.25) is 4.79 Å². The van der Waals surface area contributed by atoms with Gasteiger partial charge in [-0.1, -0.05) is 17.7 Å². The summed E-state index contributed by atoms with van der Waals surface area (Å²) in [6.45, 7) is 1.44. The Morgan fingerprint density at radius 2 is 2.07 bits per heavy atom. The number of imidazole rings is 1. The highest BCUT2D eigenvalue weighted by molar-refractivity contribution is 6.29. The van der Waals surface area contributed by atoms with Crippen LogP contribution in [-0.2, 0) is 0 Å². The van der Waals surface area contributed by atoms with Crippen LogP contribution in [0.1, 0.15) is 22.3 Å². The molecule has 3 rings (SSSR count). The molecule has 27 heavy (non-hydrogen) atoms. The van der Waals surface area contributed by atoms with E-state index >= 15 is 0 Å². The third-order valence-corrected chi connectivity index (χ3v) is 4.13. The first-order valence-corrected chi connectivity index (χ1v) is 8.29. The van der Waals surface area contributed by atoms with Crippen LogP contribution in [0.3, 0.4) is 0 Å². The molecule has 0 bridgehead atoms. The third-order valence-electron chi connectivity index (χ3n) is 3.95. The molecule has 0 atom stereocenters. The summed E-state index contributed by atoms with van der Waals surface area (Å²) < 4.78 is 38.6. The van der Waals surface area contributed by atoms with Gasteiger partial charge in [-0.25, -0.2) is 9.50 Å². The first-order chi connectivity index (χ1) is 12.7. The van der Waals surface area contributed by atoms with E-state index in [1.807, 2.05) is 0 Å². The van der Waals surface area contributed by atoms with Crippen LogP contribution in [0.15, 0.2) is 30.5 Å². The van der Waals surface area contributed by atoms with Crippen LogP contribution < -0.4 is 11.1 Å². The summed E-state index contributed by atoms with van der Waals surface area (Å²) in [5.74, 6) is -0.533. The van der Waals surface area contributed by atoms with Crippen LogP contribution in [0, 0.1) is 6.92 Å². The van der Waals surface area contributed by atoms with Gasteiger partial charge in [0.2, 0.25) is 5.91 Å². The van der Waals surface area contributed by atoms with Gasteiger partial charge >= 0.3 is 6.18 Å². The number of carbonyl (C=O) groups excluding carboxylic acids is 1. The van der Waals surface area contributed by atoms with Crippen molar-refractivity contribution >= 4 is 28.8 Å². The first-order valence-electron chi connectivity index (χ1n) is 7.91. The van der Waals surface area contributed by atoms with Gasteiger partial charge in [-0.15, -0.1) is 0 Å². The van der Waals surface area contributed by atoms with Crippen molar-refractivity contribution in [2.24, 2.45) is 5.73 Å². The molecule has 3 N–H and O–H groups in total. The molecule has 142 valence electrons. The smallest absolute Gasteiger partial charge is 0.382 e. The minimum Gasteiger partial charge on any atom is -0.382 e. The van der Waals surface area contributed by atoms with Gasteiger partial charge in [0.05, 0.1) is 24.0 Å². The Morgan fingerprint density at radius 1 is 1.33 bits per heavy atom. The number of carbonyl (C=O) groups is 1. The molecule has 3 aromatic rings. The number of nitrogens with one attached hydrogen (secondary N) is 1. The number of rotatable bonds is 5. The van der Waals surface area contributed by atoms with Gasteiger partial charge in [0.25, 0.3) is 0 Å². The molecule has 0 spiro atoms. The van der Waals surface area contributed by atoms with Gasteiger partial charge in [-0.2, -0.15) is 18.3 Å². The van der Waals surface area contributed by atoms with E-state index in [0.29, 0.717) is 33.7 Å². The van der Waals surface area contributed by atoms with Gasteiger partial charge in [0.1, 0.15) is 0 Å². The molecule has 0 aliphatic rings. The number of aryl methyl sites for hydroxylation is 1. The average molecular weight is 398 g/mol. The standard InChI is InChI=1S/C17H15ClF3N5O/c1-9-6-10(2-3-11(9)15(22)27)13-8-24-16-12(7-14(18)25-26(13)16)23-5-4-17(19,20)21/h2-3,6-8,23H,4-5H2,1H3,(H2,22,27). The van der Waals surface area contributed by atoms with Crippen molar-refractivity contribution in [3.8, 4) is 11.3 Å². The van der Waals surface area contributed by atoms with Crippen LogP contribution in [-0.4, -0.2) is 33.2 Å². The number of hydrogen-bond acceptors (Lipinski definition) is 4. The van der Waals surface area contributed by atoms with Crippen molar-refractivity contribution in [1.29, 1.82) is 0 Å². The van der Waals surface area contributed by atoms with Crippen molar-refractivity contribution in [2.45, 2.75) is 19.5 Å². The maximum absolute atomic E-state index is 12.4. The molecule has 0 unspecified atom stereocenters. The molecule has 1 amide bonds. The lowest BCUT2D eigenvalue weighted by atomic mass is 10.0. The van der Waals surface area contributed by atoms with E-state index in [-0.39, 0.29) is 11.7 Å². The summed E-state index contributed by atoms with van der Waals surface area (Å²) >= 11 is 6.02. The Balaban J connectivity index is 1.99. The molecule has 0 fully saturated rings. The number of halogens is 4. The Labute approximate surface area is 157 Å². The predicted octanol–water partition coefficient (Wildman–Crippen LogP) is 3.82. The summed E-state index contributed by atoms with van der Waals surface area (Å²) in [4.78, 5) is 15.6. The van der Waals surface area contributed by atoms with Crippen molar-refractivity contribution < 1.29 is 18.0 Å². The van der Waals surface area contributed by atoms with E-state index in [4.69, 9.17) is 17.3 Å². The molecule has 2 aromatic heterocycles. The van der Waals surface area contributed by atoms with Crippen LogP contribution in [0.25, 0.3) is 16.9 Å². The second-order valence-corrected chi connectivity index (χ2v) is 6.33. The zero-order valence-corrected chi connectivity index (χ0v) is 14.9. The second kappa shape index (κ2) is 7.07. The highest BCUT2D eigenvalue weighted by Crippen LogP contribution is 2.28. The lowest BCUT2D eigenvalue weighted by Gasteiger charge is -2.11. The Kier molecular flexibility index (Phi) is 4.97. The summed E-state index contributed by atoms with van der Waals surface area (Å²) in [5.41, 5.74) is 8.36. The van der Waals surface area contributed by atoms with Crippen molar-refractivity contribution in [3.05, 3.63) is 46.7 Å². The number of nitrogens with two attached hydrogens (primary N) is 1. The molecule has 10 heteroatoms. The number of fused-ring (bicyclic) bond motifs is 1. The number of anilines is 1. The second-order valence-electron chi connectivity index (χ2n) is 5.95. The van der Waals surface area contributed by atoms with Gasteiger partial charge in [-0.05, 0) is 24.6 Å². The molecule has 0 radical (unpaired) electrons. The summed E-state index contributed by atoms with van der Waals surface area (Å²) in [6, 6.07) is 6.46. The molecule has 0 saturated heterocycles.